The van der Waals surface area contributed by atoms with E-state index in [4.69, 9.17) is 0 Å². The van der Waals surface area contributed by atoms with Crippen molar-refractivity contribution in [3.8, 4) is 0 Å². The van der Waals surface area contributed by atoms with Crippen LogP contribution in [0.4, 0.5) is 0 Å². The van der Waals surface area contributed by atoms with Crippen molar-refractivity contribution in [3.05, 3.63) is 44.7 Å². The number of aromatic nitrogens is 1. The highest BCUT2D eigenvalue weighted by atomic mass is 16.1. The smallest absolute Gasteiger partial charge is 0.198 e. The third-order valence-electron chi connectivity index (χ3n) is 4.18. The van der Waals surface area contributed by atoms with Gasteiger partial charge in [-0.05, 0) is 51.8 Å². The van der Waals surface area contributed by atoms with Crippen LogP contribution in [0.5, 0.6) is 0 Å². The molecule has 1 aromatic carbocycles. The molecule has 0 saturated heterocycles. The molecule has 1 aromatic heterocycles. The Balaban J connectivity index is 2.65. The van der Waals surface area contributed by atoms with E-state index in [2.05, 4.69) is 37.9 Å². The highest BCUT2D eigenvalue weighted by Gasteiger charge is 2.15. The summed E-state index contributed by atoms with van der Waals surface area (Å²) < 4.78 is 0. The van der Waals surface area contributed by atoms with Gasteiger partial charge in [0.2, 0.25) is 0 Å². The van der Waals surface area contributed by atoms with Gasteiger partial charge in [0.1, 0.15) is 6.54 Å². The predicted molar refractivity (Wildman–Crippen MR) is 84.5 cm³/mol. The molecule has 3 nitrogen and oxygen atoms in total. The fraction of sp³-hybridized carbons (Fsp3) is 0.471. The first-order valence-corrected chi connectivity index (χ1v) is 7.44. The standard InChI is InChI=1S/C17H24N2O/c1-6-19(7-2)10-14-13(5)18-15-9-11(3)8-12(4)16(15)17(14)20/h8-9H,6-7,10H2,1-5H3,(H,18,20)/p+1. The number of rotatable bonds is 4. The molecule has 0 radical (unpaired) electrons. The molecule has 2 rings (SSSR count). The van der Waals surface area contributed by atoms with E-state index in [9.17, 15) is 4.79 Å². The normalized spacial score (nSPS) is 11.5. The molecule has 0 aliphatic heterocycles. The van der Waals surface area contributed by atoms with Crippen molar-refractivity contribution in [1.29, 1.82) is 0 Å². The molecule has 0 aliphatic rings. The molecule has 0 spiro atoms. The van der Waals surface area contributed by atoms with Gasteiger partial charge in [-0.15, -0.1) is 0 Å². The summed E-state index contributed by atoms with van der Waals surface area (Å²) in [6, 6.07) is 4.14. The van der Waals surface area contributed by atoms with Gasteiger partial charge < -0.3 is 9.88 Å². The Morgan fingerprint density at radius 2 is 1.75 bits per heavy atom. The van der Waals surface area contributed by atoms with Crippen molar-refractivity contribution in [2.75, 3.05) is 13.1 Å². The molecule has 0 bridgehead atoms. The topological polar surface area (TPSA) is 37.3 Å². The van der Waals surface area contributed by atoms with E-state index in [-0.39, 0.29) is 5.43 Å². The molecule has 20 heavy (non-hydrogen) atoms. The van der Waals surface area contributed by atoms with Gasteiger partial charge in [-0.25, -0.2) is 0 Å². The number of quaternary nitrogens is 1. The molecule has 108 valence electrons. The lowest BCUT2D eigenvalue weighted by Gasteiger charge is -2.17. The summed E-state index contributed by atoms with van der Waals surface area (Å²) in [6.07, 6.45) is 0. The SMILES string of the molecule is CC[NH+](CC)Cc1c(C)[nH]c2cc(C)cc(C)c2c1=O. The second kappa shape index (κ2) is 5.80. The maximum Gasteiger partial charge on any atom is 0.198 e. The number of aryl methyl sites for hydroxylation is 3. The molecule has 0 saturated carbocycles. The highest BCUT2D eigenvalue weighted by molar-refractivity contribution is 5.83. The average Bonchev–Trinajstić information content (AvgIpc) is 2.37. The lowest BCUT2D eigenvalue weighted by atomic mass is 10.0. The van der Waals surface area contributed by atoms with Crippen LogP contribution in [0.2, 0.25) is 0 Å². The van der Waals surface area contributed by atoms with Gasteiger partial charge in [-0.2, -0.15) is 0 Å². The second-order valence-electron chi connectivity index (χ2n) is 5.70. The number of hydrogen-bond donors (Lipinski definition) is 2. The Morgan fingerprint density at radius 3 is 2.35 bits per heavy atom. The minimum Gasteiger partial charge on any atom is -0.358 e. The lowest BCUT2D eigenvalue weighted by Crippen LogP contribution is -3.10. The number of nitrogens with one attached hydrogen (secondary N) is 2. The van der Waals surface area contributed by atoms with Crippen molar-refractivity contribution in [3.63, 3.8) is 0 Å². The number of aromatic amines is 1. The van der Waals surface area contributed by atoms with Crippen LogP contribution in [-0.4, -0.2) is 18.1 Å². The summed E-state index contributed by atoms with van der Waals surface area (Å²) in [5, 5.41) is 0.850. The van der Waals surface area contributed by atoms with Crippen LogP contribution in [0.15, 0.2) is 16.9 Å². The van der Waals surface area contributed by atoms with E-state index in [1.54, 1.807) is 0 Å². The van der Waals surface area contributed by atoms with Gasteiger partial charge in [0.25, 0.3) is 0 Å². The molecule has 2 aromatic rings. The van der Waals surface area contributed by atoms with Crippen molar-refractivity contribution < 1.29 is 4.90 Å². The predicted octanol–water partition coefficient (Wildman–Crippen LogP) is 1.88. The van der Waals surface area contributed by atoms with E-state index >= 15 is 0 Å². The molecule has 2 N–H and O–H groups in total. The first-order valence-electron chi connectivity index (χ1n) is 7.44. The molecule has 0 aliphatic carbocycles. The summed E-state index contributed by atoms with van der Waals surface area (Å²) in [5.74, 6) is 0. The zero-order valence-electron chi connectivity index (χ0n) is 13.2. The third-order valence-corrected chi connectivity index (χ3v) is 4.18. The van der Waals surface area contributed by atoms with E-state index < -0.39 is 0 Å². The number of H-pyrrole nitrogens is 1. The molecule has 0 atom stereocenters. The van der Waals surface area contributed by atoms with Gasteiger partial charge in [-0.1, -0.05) is 6.07 Å². The van der Waals surface area contributed by atoms with E-state index in [0.29, 0.717) is 0 Å². The highest BCUT2D eigenvalue weighted by Crippen LogP contribution is 2.17. The van der Waals surface area contributed by atoms with Gasteiger partial charge in [0.15, 0.2) is 5.43 Å². The zero-order chi connectivity index (χ0) is 14.9. The fourth-order valence-electron chi connectivity index (χ4n) is 2.93. The van der Waals surface area contributed by atoms with E-state index in [1.165, 1.54) is 10.5 Å². The largest absolute Gasteiger partial charge is 0.358 e. The van der Waals surface area contributed by atoms with Crippen molar-refractivity contribution in [1.82, 2.24) is 4.98 Å². The fourth-order valence-corrected chi connectivity index (χ4v) is 2.93. The summed E-state index contributed by atoms with van der Waals surface area (Å²) in [5.41, 5.74) is 5.36. The summed E-state index contributed by atoms with van der Waals surface area (Å²) in [6.45, 7) is 13.3. The van der Waals surface area contributed by atoms with Crippen LogP contribution in [0.25, 0.3) is 10.9 Å². The van der Waals surface area contributed by atoms with Crippen LogP contribution >= 0.6 is 0 Å². The maximum absolute atomic E-state index is 12.8. The molecule has 1 heterocycles. The zero-order valence-corrected chi connectivity index (χ0v) is 13.2. The minimum atomic E-state index is 0.202. The summed E-state index contributed by atoms with van der Waals surface area (Å²) in [4.78, 5) is 17.7. The Kier molecular flexibility index (Phi) is 4.29. The average molecular weight is 273 g/mol. The second-order valence-corrected chi connectivity index (χ2v) is 5.70. The van der Waals surface area contributed by atoms with E-state index in [1.807, 2.05) is 13.8 Å². The lowest BCUT2D eigenvalue weighted by molar-refractivity contribution is -0.910. The molecular weight excluding hydrogens is 248 g/mol. The van der Waals surface area contributed by atoms with Crippen LogP contribution in [0.3, 0.4) is 0 Å². The van der Waals surface area contributed by atoms with Gasteiger partial charge >= 0.3 is 0 Å². The Bertz CT molecular complexity index is 681. The van der Waals surface area contributed by atoms with Crippen LogP contribution in [0.1, 0.15) is 36.2 Å². The number of benzene rings is 1. The maximum atomic E-state index is 12.8. The monoisotopic (exact) mass is 273 g/mol. The van der Waals surface area contributed by atoms with Crippen LogP contribution in [0, 0.1) is 20.8 Å². The Morgan fingerprint density at radius 1 is 1.10 bits per heavy atom. The number of hydrogen-bond acceptors (Lipinski definition) is 1. The molecule has 0 amide bonds. The van der Waals surface area contributed by atoms with Gasteiger partial charge in [0.05, 0.1) is 24.2 Å². The summed E-state index contributed by atoms with van der Waals surface area (Å²) >= 11 is 0. The summed E-state index contributed by atoms with van der Waals surface area (Å²) in [7, 11) is 0. The van der Waals surface area contributed by atoms with Crippen molar-refractivity contribution in [2.24, 2.45) is 0 Å². The molecule has 0 fully saturated rings. The first-order chi connectivity index (χ1) is 9.47. The molecular formula is C17H25N2O+. The number of pyridine rings is 1. The Hall–Kier alpha value is -1.61. The molecule has 3 heteroatoms. The van der Waals surface area contributed by atoms with Gasteiger partial charge in [-0.3, -0.25) is 4.79 Å². The quantitative estimate of drug-likeness (QED) is 0.877. The van der Waals surface area contributed by atoms with E-state index in [0.717, 1.165) is 47.4 Å². The molecule has 0 unspecified atom stereocenters. The third kappa shape index (κ3) is 2.63. The minimum absolute atomic E-state index is 0.202. The van der Waals surface area contributed by atoms with Gasteiger partial charge in [0, 0.05) is 11.1 Å². The Labute approximate surface area is 120 Å². The number of fused-ring (bicyclic) bond motifs is 1. The van der Waals surface area contributed by atoms with Crippen LogP contribution in [-0.2, 0) is 6.54 Å². The van der Waals surface area contributed by atoms with Crippen molar-refractivity contribution >= 4 is 10.9 Å². The van der Waals surface area contributed by atoms with Crippen LogP contribution < -0.4 is 10.3 Å². The van der Waals surface area contributed by atoms with Crippen molar-refractivity contribution in [2.45, 2.75) is 41.2 Å². The first kappa shape index (κ1) is 14.8.